The second kappa shape index (κ2) is 5.82. The van der Waals surface area contributed by atoms with Crippen molar-refractivity contribution >= 4 is 22.9 Å². The van der Waals surface area contributed by atoms with Crippen LogP contribution in [0.3, 0.4) is 0 Å². The molecule has 0 radical (unpaired) electrons. The lowest BCUT2D eigenvalue weighted by molar-refractivity contribution is 0.215. The highest BCUT2D eigenvalue weighted by molar-refractivity contribution is 5.88. The van der Waals surface area contributed by atoms with Crippen molar-refractivity contribution in [2.75, 3.05) is 12.8 Å². The predicted octanol–water partition coefficient (Wildman–Crippen LogP) is 1.80. The number of hydrogen-bond acceptors (Lipinski definition) is 4. The number of carbonyl (C=O) groups is 1. The van der Waals surface area contributed by atoms with E-state index < -0.39 is 6.03 Å². The molecule has 120 valence electrons. The summed E-state index contributed by atoms with van der Waals surface area (Å²) in [5.74, 6) is 1.62. The molecule has 0 aromatic carbocycles. The number of amides is 2. The molecule has 2 rings (SSSR count). The van der Waals surface area contributed by atoms with Crippen LogP contribution in [0.2, 0.25) is 0 Å². The molecule has 7 nitrogen and oxygen atoms in total. The lowest BCUT2D eigenvalue weighted by Gasteiger charge is -2.17. The number of pyridine rings is 1. The molecule has 22 heavy (non-hydrogen) atoms. The van der Waals surface area contributed by atoms with E-state index in [0.717, 1.165) is 29.1 Å². The number of rotatable bonds is 4. The minimum atomic E-state index is -0.484. The lowest BCUT2D eigenvalue weighted by atomic mass is 10.1. The van der Waals surface area contributed by atoms with Crippen LogP contribution >= 0.6 is 0 Å². The molecule has 0 aliphatic rings. The molecular formula is C15H24N6O. The summed E-state index contributed by atoms with van der Waals surface area (Å²) in [7, 11) is 1.65. The van der Waals surface area contributed by atoms with E-state index in [1.165, 1.54) is 4.90 Å². The first-order valence-electron chi connectivity index (χ1n) is 7.34. The Morgan fingerprint density at radius 3 is 2.50 bits per heavy atom. The standard InChI is InChI=1S/C15H24N6O/c1-8(2)6-21-11(7-20(5)15(17)22)19-12-13(21)9(3)10(4)18-14(12)16/h8H,6-7H2,1-5H3,(H2,16,18)(H2,17,22). The molecule has 0 aliphatic carbocycles. The van der Waals surface area contributed by atoms with E-state index in [1.807, 2.05) is 13.8 Å². The third kappa shape index (κ3) is 2.84. The molecule has 4 N–H and O–H groups in total. The summed E-state index contributed by atoms with van der Waals surface area (Å²) in [6, 6.07) is -0.484. The quantitative estimate of drug-likeness (QED) is 0.898. The molecule has 0 atom stereocenters. The number of fused-ring (bicyclic) bond motifs is 1. The number of hydrogen-bond donors (Lipinski definition) is 2. The van der Waals surface area contributed by atoms with Gasteiger partial charge in [0.1, 0.15) is 11.3 Å². The highest BCUT2D eigenvalue weighted by Crippen LogP contribution is 2.27. The fourth-order valence-electron chi connectivity index (χ4n) is 2.52. The van der Waals surface area contributed by atoms with Crippen LogP contribution in [-0.2, 0) is 13.1 Å². The zero-order chi connectivity index (χ0) is 16.6. The summed E-state index contributed by atoms with van der Waals surface area (Å²) in [6.45, 7) is 9.37. The third-order valence-electron chi connectivity index (χ3n) is 3.78. The molecule has 7 heteroatoms. The number of primary amides is 1. The molecule has 0 saturated heterocycles. The summed E-state index contributed by atoms with van der Waals surface area (Å²) in [5.41, 5.74) is 15.0. The first kappa shape index (κ1) is 16.1. The first-order valence-corrected chi connectivity index (χ1v) is 7.34. The SMILES string of the molecule is Cc1nc(N)c2nc(CN(C)C(N)=O)n(CC(C)C)c2c1C. The van der Waals surface area contributed by atoms with Crippen molar-refractivity contribution in [2.24, 2.45) is 11.7 Å². The van der Waals surface area contributed by atoms with Crippen LogP contribution in [-0.4, -0.2) is 32.5 Å². The largest absolute Gasteiger partial charge is 0.382 e. The minimum Gasteiger partial charge on any atom is -0.382 e. The zero-order valence-electron chi connectivity index (χ0n) is 13.8. The van der Waals surface area contributed by atoms with Crippen LogP contribution in [0.4, 0.5) is 10.6 Å². The van der Waals surface area contributed by atoms with Gasteiger partial charge in [-0.3, -0.25) is 0 Å². The molecule has 0 aliphatic heterocycles. The van der Waals surface area contributed by atoms with Crippen molar-refractivity contribution in [3.63, 3.8) is 0 Å². The first-order chi connectivity index (χ1) is 10.2. The maximum atomic E-state index is 11.3. The fourth-order valence-corrected chi connectivity index (χ4v) is 2.52. The summed E-state index contributed by atoms with van der Waals surface area (Å²) in [6.07, 6.45) is 0. The number of imidazole rings is 1. The number of nitrogens with zero attached hydrogens (tertiary/aromatic N) is 4. The van der Waals surface area contributed by atoms with E-state index in [4.69, 9.17) is 11.5 Å². The van der Waals surface area contributed by atoms with Crippen molar-refractivity contribution < 1.29 is 4.79 Å². The smallest absolute Gasteiger partial charge is 0.314 e. The minimum absolute atomic E-state index is 0.342. The van der Waals surface area contributed by atoms with Crippen LogP contribution in [0, 0.1) is 19.8 Å². The van der Waals surface area contributed by atoms with Crippen LogP contribution in [0.1, 0.15) is 30.9 Å². The topological polar surface area (TPSA) is 103 Å². The summed E-state index contributed by atoms with van der Waals surface area (Å²) in [4.78, 5) is 21.7. The highest BCUT2D eigenvalue weighted by Gasteiger charge is 2.19. The van der Waals surface area contributed by atoms with Gasteiger partial charge < -0.3 is 20.9 Å². The van der Waals surface area contributed by atoms with Gasteiger partial charge in [0.15, 0.2) is 5.82 Å². The van der Waals surface area contributed by atoms with E-state index in [2.05, 4.69) is 28.4 Å². The molecule has 2 amide bonds. The van der Waals surface area contributed by atoms with Crippen LogP contribution < -0.4 is 11.5 Å². The Hall–Kier alpha value is -2.31. The van der Waals surface area contributed by atoms with Gasteiger partial charge in [-0.2, -0.15) is 0 Å². The normalized spacial score (nSPS) is 11.4. The average molecular weight is 304 g/mol. The van der Waals surface area contributed by atoms with Crippen LogP contribution in [0.15, 0.2) is 0 Å². The number of nitrogen functional groups attached to an aromatic ring is 1. The van der Waals surface area contributed by atoms with Gasteiger partial charge in [0.2, 0.25) is 0 Å². The molecule has 0 fully saturated rings. The van der Waals surface area contributed by atoms with E-state index >= 15 is 0 Å². The average Bonchev–Trinajstić information content (AvgIpc) is 2.75. The number of aromatic nitrogens is 3. The number of urea groups is 1. The summed E-state index contributed by atoms with van der Waals surface area (Å²) in [5, 5.41) is 0. The summed E-state index contributed by atoms with van der Waals surface area (Å²) >= 11 is 0. The van der Waals surface area contributed by atoms with Gasteiger partial charge in [0, 0.05) is 19.3 Å². The van der Waals surface area contributed by atoms with Gasteiger partial charge in [-0.25, -0.2) is 14.8 Å². The van der Waals surface area contributed by atoms with Gasteiger partial charge in [0.25, 0.3) is 0 Å². The monoisotopic (exact) mass is 304 g/mol. The van der Waals surface area contributed by atoms with Crippen molar-refractivity contribution in [1.29, 1.82) is 0 Å². The predicted molar refractivity (Wildman–Crippen MR) is 87.3 cm³/mol. The number of anilines is 1. The Labute approximate surface area is 130 Å². The second-order valence-electron chi connectivity index (χ2n) is 6.13. The van der Waals surface area contributed by atoms with Crippen LogP contribution in [0.5, 0.6) is 0 Å². The number of carbonyl (C=O) groups excluding carboxylic acids is 1. The summed E-state index contributed by atoms with van der Waals surface area (Å²) < 4.78 is 2.12. The van der Waals surface area contributed by atoms with Crippen molar-refractivity contribution in [3.8, 4) is 0 Å². The van der Waals surface area contributed by atoms with Crippen molar-refractivity contribution in [2.45, 2.75) is 40.8 Å². The maximum Gasteiger partial charge on any atom is 0.314 e. The lowest BCUT2D eigenvalue weighted by Crippen LogP contribution is -2.32. The Morgan fingerprint density at radius 1 is 1.32 bits per heavy atom. The van der Waals surface area contributed by atoms with E-state index in [-0.39, 0.29) is 0 Å². The molecule has 0 bridgehead atoms. The Kier molecular flexibility index (Phi) is 4.25. The number of nitrogens with two attached hydrogens (primary N) is 2. The van der Waals surface area contributed by atoms with E-state index in [1.54, 1.807) is 7.05 Å². The molecule has 2 aromatic heterocycles. The highest BCUT2D eigenvalue weighted by atomic mass is 16.2. The Balaban J connectivity index is 2.67. The van der Waals surface area contributed by atoms with Gasteiger partial charge >= 0.3 is 6.03 Å². The zero-order valence-corrected chi connectivity index (χ0v) is 13.8. The van der Waals surface area contributed by atoms with Gasteiger partial charge in [-0.05, 0) is 25.3 Å². The molecule has 0 unspecified atom stereocenters. The van der Waals surface area contributed by atoms with Crippen LogP contribution in [0.25, 0.3) is 11.0 Å². The molecular weight excluding hydrogens is 280 g/mol. The molecule has 2 aromatic rings. The Morgan fingerprint density at radius 2 is 1.95 bits per heavy atom. The van der Waals surface area contributed by atoms with Crippen molar-refractivity contribution in [3.05, 3.63) is 17.1 Å². The van der Waals surface area contributed by atoms with E-state index in [0.29, 0.717) is 23.8 Å². The van der Waals surface area contributed by atoms with Gasteiger partial charge in [-0.1, -0.05) is 13.8 Å². The third-order valence-corrected chi connectivity index (χ3v) is 3.78. The molecule has 0 saturated carbocycles. The van der Waals surface area contributed by atoms with Gasteiger partial charge in [0.05, 0.1) is 12.1 Å². The fraction of sp³-hybridized carbons (Fsp3) is 0.533. The maximum absolute atomic E-state index is 11.3. The van der Waals surface area contributed by atoms with Crippen molar-refractivity contribution in [1.82, 2.24) is 19.4 Å². The second-order valence-corrected chi connectivity index (χ2v) is 6.13. The molecule has 0 spiro atoms. The van der Waals surface area contributed by atoms with Gasteiger partial charge in [-0.15, -0.1) is 0 Å². The Bertz CT molecular complexity index is 719. The van der Waals surface area contributed by atoms with E-state index in [9.17, 15) is 4.79 Å². The molecule has 2 heterocycles. The number of aryl methyl sites for hydroxylation is 2.